The lowest BCUT2D eigenvalue weighted by Crippen LogP contribution is -2.36. The van der Waals surface area contributed by atoms with Crippen molar-refractivity contribution in [3.05, 3.63) is 0 Å². The zero-order chi connectivity index (χ0) is 6.43. The van der Waals surface area contributed by atoms with E-state index in [-0.39, 0.29) is 12.2 Å². The van der Waals surface area contributed by atoms with Gasteiger partial charge in [0.1, 0.15) is 12.2 Å². The van der Waals surface area contributed by atoms with E-state index in [1.807, 2.05) is 0 Å². The molecular weight excluding hydrogens is 120 g/mol. The monoisotopic (exact) mass is 130 g/mol. The molecule has 0 radical (unpaired) electrons. The molecule has 4 unspecified atom stereocenters. The molecule has 0 amide bonds. The summed E-state index contributed by atoms with van der Waals surface area (Å²) >= 11 is 0. The average molecular weight is 130 g/mol. The van der Waals surface area contributed by atoms with Gasteiger partial charge in [-0.2, -0.15) is 0 Å². The summed E-state index contributed by atoms with van der Waals surface area (Å²) in [5, 5.41) is 18.2. The van der Waals surface area contributed by atoms with E-state index in [0.717, 1.165) is 12.8 Å². The molecule has 3 nitrogen and oxygen atoms in total. The standard InChI is InChI=1S/C6H10O3/c7-5-3-1-2-4(9-3)6(5)8/h3-8H,1-2H2. The Morgan fingerprint density at radius 2 is 1.44 bits per heavy atom. The predicted molar refractivity (Wildman–Crippen MR) is 29.9 cm³/mol. The molecule has 2 saturated heterocycles. The van der Waals surface area contributed by atoms with E-state index in [2.05, 4.69) is 0 Å². The zero-order valence-electron chi connectivity index (χ0n) is 5.03. The molecule has 0 aromatic rings. The SMILES string of the molecule is OC1C2CCC(O2)C1O. The second-order valence-electron chi connectivity index (χ2n) is 2.77. The van der Waals surface area contributed by atoms with Gasteiger partial charge in [0.2, 0.25) is 0 Å². The van der Waals surface area contributed by atoms with E-state index in [0.29, 0.717) is 0 Å². The van der Waals surface area contributed by atoms with Crippen LogP contribution in [0.1, 0.15) is 12.8 Å². The van der Waals surface area contributed by atoms with Gasteiger partial charge in [-0.25, -0.2) is 0 Å². The molecule has 0 spiro atoms. The van der Waals surface area contributed by atoms with Gasteiger partial charge in [-0.3, -0.25) is 0 Å². The first kappa shape index (κ1) is 5.65. The lowest BCUT2D eigenvalue weighted by Gasteiger charge is -2.17. The molecule has 2 bridgehead atoms. The Morgan fingerprint density at radius 3 is 1.67 bits per heavy atom. The molecule has 2 fully saturated rings. The van der Waals surface area contributed by atoms with Crippen LogP contribution in [0.4, 0.5) is 0 Å². The first-order valence-electron chi connectivity index (χ1n) is 3.30. The summed E-state index contributed by atoms with van der Waals surface area (Å²) in [5.74, 6) is 0. The summed E-state index contributed by atoms with van der Waals surface area (Å²) in [7, 11) is 0. The van der Waals surface area contributed by atoms with Crippen LogP contribution in [0.5, 0.6) is 0 Å². The van der Waals surface area contributed by atoms with Gasteiger partial charge in [-0.1, -0.05) is 0 Å². The molecule has 0 aromatic heterocycles. The van der Waals surface area contributed by atoms with Crippen LogP contribution >= 0.6 is 0 Å². The molecule has 9 heavy (non-hydrogen) atoms. The summed E-state index contributed by atoms with van der Waals surface area (Å²) < 4.78 is 5.20. The Hall–Kier alpha value is -0.120. The highest BCUT2D eigenvalue weighted by Crippen LogP contribution is 2.34. The average Bonchev–Trinajstić information content (AvgIpc) is 2.37. The highest BCUT2D eigenvalue weighted by atomic mass is 16.5. The van der Waals surface area contributed by atoms with Crippen LogP contribution in [0, 0.1) is 0 Å². The Bertz CT molecular complexity index is 107. The molecule has 2 heterocycles. The molecule has 2 aliphatic rings. The Labute approximate surface area is 53.3 Å². The maximum atomic E-state index is 9.11. The maximum Gasteiger partial charge on any atom is 0.109 e. The van der Waals surface area contributed by atoms with Gasteiger partial charge in [0.25, 0.3) is 0 Å². The van der Waals surface area contributed by atoms with Crippen LogP contribution in [0.25, 0.3) is 0 Å². The van der Waals surface area contributed by atoms with Crippen molar-refractivity contribution in [3.8, 4) is 0 Å². The lowest BCUT2D eigenvalue weighted by molar-refractivity contribution is 0.0123. The third-order valence-corrected chi connectivity index (χ3v) is 2.20. The largest absolute Gasteiger partial charge is 0.388 e. The lowest BCUT2D eigenvalue weighted by atomic mass is 9.95. The molecule has 0 aliphatic carbocycles. The van der Waals surface area contributed by atoms with Crippen molar-refractivity contribution >= 4 is 0 Å². The minimum absolute atomic E-state index is 0.0787. The third-order valence-electron chi connectivity index (χ3n) is 2.20. The number of ether oxygens (including phenoxy) is 1. The highest BCUT2D eigenvalue weighted by Gasteiger charge is 2.47. The molecule has 2 aliphatic heterocycles. The highest BCUT2D eigenvalue weighted by molar-refractivity contribution is 4.96. The van der Waals surface area contributed by atoms with E-state index in [9.17, 15) is 0 Å². The van der Waals surface area contributed by atoms with E-state index in [4.69, 9.17) is 14.9 Å². The van der Waals surface area contributed by atoms with Crippen LogP contribution in [0.2, 0.25) is 0 Å². The van der Waals surface area contributed by atoms with Gasteiger partial charge in [-0.05, 0) is 12.8 Å². The fourth-order valence-corrected chi connectivity index (χ4v) is 1.63. The van der Waals surface area contributed by atoms with Crippen molar-refractivity contribution in [1.29, 1.82) is 0 Å². The number of rotatable bonds is 0. The van der Waals surface area contributed by atoms with Crippen molar-refractivity contribution in [3.63, 3.8) is 0 Å². The van der Waals surface area contributed by atoms with Crippen molar-refractivity contribution in [2.45, 2.75) is 37.3 Å². The number of fused-ring (bicyclic) bond motifs is 2. The van der Waals surface area contributed by atoms with E-state index in [1.54, 1.807) is 0 Å². The smallest absolute Gasteiger partial charge is 0.109 e. The van der Waals surface area contributed by atoms with Gasteiger partial charge < -0.3 is 14.9 Å². The van der Waals surface area contributed by atoms with Crippen molar-refractivity contribution in [2.24, 2.45) is 0 Å². The fraction of sp³-hybridized carbons (Fsp3) is 1.00. The van der Waals surface area contributed by atoms with Crippen LogP contribution in [0.15, 0.2) is 0 Å². The normalized spacial score (nSPS) is 56.7. The van der Waals surface area contributed by atoms with Gasteiger partial charge >= 0.3 is 0 Å². The topological polar surface area (TPSA) is 49.7 Å². The maximum absolute atomic E-state index is 9.11. The second kappa shape index (κ2) is 1.68. The number of hydrogen-bond donors (Lipinski definition) is 2. The Kier molecular flexibility index (Phi) is 1.06. The van der Waals surface area contributed by atoms with E-state index in [1.165, 1.54) is 0 Å². The van der Waals surface area contributed by atoms with Crippen LogP contribution in [-0.2, 0) is 4.74 Å². The summed E-state index contributed by atoms with van der Waals surface area (Å²) in [6, 6.07) is 0. The van der Waals surface area contributed by atoms with Crippen molar-refractivity contribution in [1.82, 2.24) is 0 Å². The summed E-state index contributed by atoms with van der Waals surface area (Å²) in [5.41, 5.74) is 0. The minimum atomic E-state index is -0.622. The Balaban J connectivity index is 2.15. The first-order valence-corrected chi connectivity index (χ1v) is 3.30. The van der Waals surface area contributed by atoms with Crippen LogP contribution < -0.4 is 0 Å². The van der Waals surface area contributed by atoms with Gasteiger partial charge in [0.05, 0.1) is 12.2 Å². The van der Waals surface area contributed by atoms with E-state index < -0.39 is 12.2 Å². The summed E-state index contributed by atoms with van der Waals surface area (Å²) in [4.78, 5) is 0. The summed E-state index contributed by atoms with van der Waals surface area (Å²) in [6.45, 7) is 0. The van der Waals surface area contributed by atoms with Crippen molar-refractivity contribution in [2.75, 3.05) is 0 Å². The fourth-order valence-electron chi connectivity index (χ4n) is 1.63. The third kappa shape index (κ3) is 0.625. The quantitative estimate of drug-likeness (QED) is 0.454. The predicted octanol–water partition coefficient (Wildman–Crippen LogP) is -0.731. The number of aliphatic hydroxyl groups is 2. The molecule has 2 N–H and O–H groups in total. The molecule has 4 atom stereocenters. The van der Waals surface area contributed by atoms with E-state index >= 15 is 0 Å². The first-order chi connectivity index (χ1) is 4.29. The Morgan fingerprint density at radius 1 is 1.00 bits per heavy atom. The van der Waals surface area contributed by atoms with Crippen LogP contribution in [0.3, 0.4) is 0 Å². The van der Waals surface area contributed by atoms with Gasteiger partial charge in [0.15, 0.2) is 0 Å². The molecule has 0 saturated carbocycles. The number of hydrogen-bond acceptors (Lipinski definition) is 3. The molecular formula is C6H10O3. The van der Waals surface area contributed by atoms with Gasteiger partial charge in [-0.15, -0.1) is 0 Å². The number of aliphatic hydroxyl groups excluding tert-OH is 2. The zero-order valence-corrected chi connectivity index (χ0v) is 5.03. The molecule has 0 aromatic carbocycles. The van der Waals surface area contributed by atoms with Crippen molar-refractivity contribution < 1.29 is 14.9 Å². The van der Waals surface area contributed by atoms with Gasteiger partial charge in [0, 0.05) is 0 Å². The molecule has 3 heteroatoms. The minimum Gasteiger partial charge on any atom is -0.388 e. The molecule has 2 rings (SSSR count). The molecule has 52 valence electrons. The summed E-state index contributed by atoms with van der Waals surface area (Å²) in [6.07, 6.45) is 0.411. The second-order valence-corrected chi connectivity index (χ2v) is 2.77. The van der Waals surface area contributed by atoms with Crippen LogP contribution in [-0.4, -0.2) is 34.6 Å².